The second kappa shape index (κ2) is 7.30. The molecule has 0 radical (unpaired) electrons. The van der Waals surface area contributed by atoms with Crippen molar-refractivity contribution in [2.45, 2.75) is 13.8 Å². The number of nitrogens with one attached hydrogen (secondary N) is 1. The van der Waals surface area contributed by atoms with E-state index in [4.69, 9.17) is 27.9 Å². The van der Waals surface area contributed by atoms with Crippen LogP contribution in [-0.4, -0.2) is 17.6 Å². The lowest BCUT2D eigenvalue weighted by atomic mass is 10.1. The number of rotatable bonds is 4. The molecule has 0 aliphatic carbocycles. The number of nitrogens with zero attached hydrogens (tertiary/aromatic N) is 1. The van der Waals surface area contributed by atoms with E-state index in [0.717, 1.165) is 28.0 Å². The van der Waals surface area contributed by atoms with Crippen LogP contribution in [0.25, 0.3) is 10.9 Å². The van der Waals surface area contributed by atoms with Gasteiger partial charge in [0.15, 0.2) is 0 Å². The van der Waals surface area contributed by atoms with Gasteiger partial charge in [-0.1, -0.05) is 23.2 Å². The highest BCUT2D eigenvalue weighted by atomic mass is 35.5. The van der Waals surface area contributed by atoms with Crippen LogP contribution in [0.2, 0.25) is 10.0 Å². The molecule has 1 aromatic heterocycles. The summed E-state index contributed by atoms with van der Waals surface area (Å²) in [5.41, 5.74) is 3.75. The maximum Gasteiger partial charge on any atom is 0.338 e. The number of hydrogen-bond donors (Lipinski definition) is 1. The molecule has 1 heterocycles. The molecule has 6 heteroatoms. The Bertz CT molecular complexity index is 958. The van der Waals surface area contributed by atoms with Crippen molar-refractivity contribution in [1.82, 2.24) is 4.98 Å². The van der Waals surface area contributed by atoms with Crippen LogP contribution in [-0.2, 0) is 4.74 Å². The summed E-state index contributed by atoms with van der Waals surface area (Å²) in [6.45, 7) is 4.03. The van der Waals surface area contributed by atoms with Crippen molar-refractivity contribution in [3.63, 3.8) is 0 Å². The molecule has 128 valence electrons. The van der Waals surface area contributed by atoms with E-state index in [1.165, 1.54) is 0 Å². The third-order valence-electron chi connectivity index (χ3n) is 3.65. The predicted octanol–water partition coefficient (Wildman–Crippen LogP) is 5.77. The van der Waals surface area contributed by atoms with Crippen LogP contribution in [0, 0.1) is 6.92 Å². The summed E-state index contributed by atoms with van der Waals surface area (Å²) in [6, 6.07) is 12.5. The number of carbonyl (C=O) groups excluding carboxylic acids is 1. The minimum Gasteiger partial charge on any atom is -0.462 e. The van der Waals surface area contributed by atoms with Gasteiger partial charge in [0.05, 0.1) is 27.7 Å². The Morgan fingerprint density at radius 1 is 1.12 bits per heavy atom. The molecule has 3 aromatic rings. The van der Waals surface area contributed by atoms with Crippen LogP contribution < -0.4 is 5.32 Å². The van der Waals surface area contributed by atoms with E-state index in [1.807, 2.05) is 25.1 Å². The van der Waals surface area contributed by atoms with Gasteiger partial charge in [0.2, 0.25) is 0 Å². The van der Waals surface area contributed by atoms with E-state index in [1.54, 1.807) is 31.2 Å². The Hall–Kier alpha value is -2.30. The lowest BCUT2D eigenvalue weighted by molar-refractivity contribution is 0.0526. The number of anilines is 2. The van der Waals surface area contributed by atoms with E-state index in [9.17, 15) is 4.79 Å². The second-order valence-electron chi connectivity index (χ2n) is 5.52. The van der Waals surface area contributed by atoms with Gasteiger partial charge in [0.1, 0.15) is 0 Å². The van der Waals surface area contributed by atoms with E-state index < -0.39 is 0 Å². The van der Waals surface area contributed by atoms with Crippen molar-refractivity contribution in [1.29, 1.82) is 0 Å². The number of benzene rings is 2. The molecule has 25 heavy (non-hydrogen) atoms. The zero-order valence-electron chi connectivity index (χ0n) is 13.8. The Kier molecular flexibility index (Phi) is 5.11. The zero-order chi connectivity index (χ0) is 18.0. The fraction of sp³-hybridized carbons (Fsp3) is 0.158. The first-order valence-corrected chi connectivity index (χ1v) is 8.54. The van der Waals surface area contributed by atoms with Gasteiger partial charge in [0, 0.05) is 22.5 Å². The Labute approximate surface area is 155 Å². The van der Waals surface area contributed by atoms with E-state index in [0.29, 0.717) is 22.2 Å². The van der Waals surface area contributed by atoms with Crippen LogP contribution in [0.3, 0.4) is 0 Å². The molecule has 0 saturated heterocycles. The first kappa shape index (κ1) is 17.5. The maximum atomic E-state index is 12.0. The number of halogens is 2. The molecule has 2 aromatic carbocycles. The molecule has 4 nitrogen and oxygen atoms in total. The average molecular weight is 375 g/mol. The van der Waals surface area contributed by atoms with Crippen LogP contribution in [0.5, 0.6) is 0 Å². The molecular formula is C19H16Cl2N2O2. The molecule has 0 amide bonds. The summed E-state index contributed by atoms with van der Waals surface area (Å²) >= 11 is 12.1. The van der Waals surface area contributed by atoms with Gasteiger partial charge in [-0.3, -0.25) is 4.98 Å². The number of aromatic nitrogens is 1. The van der Waals surface area contributed by atoms with Crippen molar-refractivity contribution >= 4 is 51.4 Å². The smallest absolute Gasteiger partial charge is 0.338 e. The number of aryl methyl sites for hydroxylation is 1. The topological polar surface area (TPSA) is 51.2 Å². The van der Waals surface area contributed by atoms with Crippen molar-refractivity contribution in [2.24, 2.45) is 0 Å². The SMILES string of the molecule is CCOC(=O)c1ccc2nc(C)cc(Nc3ccc(Cl)c(Cl)c3)c2c1. The lowest BCUT2D eigenvalue weighted by Gasteiger charge is -2.12. The van der Waals surface area contributed by atoms with E-state index in [-0.39, 0.29) is 5.97 Å². The largest absolute Gasteiger partial charge is 0.462 e. The summed E-state index contributed by atoms with van der Waals surface area (Å²) in [7, 11) is 0. The molecule has 0 unspecified atom stereocenters. The number of ether oxygens (including phenoxy) is 1. The van der Waals surface area contributed by atoms with Crippen molar-refractivity contribution in [2.75, 3.05) is 11.9 Å². The molecule has 0 atom stereocenters. The third kappa shape index (κ3) is 3.86. The number of esters is 1. The monoisotopic (exact) mass is 374 g/mol. The summed E-state index contributed by atoms with van der Waals surface area (Å²) in [5.74, 6) is -0.356. The van der Waals surface area contributed by atoms with Crippen LogP contribution in [0.4, 0.5) is 11.4 Å². The van der Waals surface area contributed by atoms with Crippen LogP contribution in [0.1, 0.15) is 23.0 Å². The zero-order valence-corrected chi connectivity index (χ0v) is 15.3. The second-order valence-corrected chi connectivity index (χ2v) is 6.33. The minimum atomic E-state index is -0.356. The van der Waals surface area contributed by atoms with Crippen LogP contribution >= 0.6 is 23.2 Å². The number of fused-ring (bicyclic) bond motifs is 1. The first-order chi connectivity index (χ1) is 12.0. The maximum absolute atomic E-state index is 12.0. The van der Waals surface area contributed by atoms with Gasteiger partial charge in [-0.05, 0) is 56.3 Å². The van der Waals surface area contributed by atoms with Gasteiger partial charge in [0.25, 0.3) is 0 Å². The van der Waals surface area contributed by atoms with E-state index in [2.05, 4.69) is 10.3 Å². The van der Waals surface area contributed by atoms with Gasteiger partial charge in [-0.2, -0.15) is 0 Å². The Balaban J connectivity index is 2.07. The quantitative estimate of drug-likeness (QED) is 0.588. The van der Waals surface area contributed by atoms with Gasteiger partial charge < -0.3 is 10.1 Å². The standard InChI is InChI=1S/C19H16Cl2N2O2/c1-3-25-19(24)12-4-7-17-14(9-12)18(8-11(2)22-17)23-13-5-6-15(20)16(21)10-13/h4-10H,3H2,1-2H3,(H,22,23). The number of carbonyl (C=O) groups is 1. The highest BCUT2D eigenvalue weighted by Crippen LogP contribution is 2.30. The molecule has 0 bridgehead atoms. The minimum absolute atomic E-state index is 0.331. The Morgan fingerprint density at radius 3 is 2.64 bits per heavy atom. The first-order valence-electron chi connectivity index (χ1n) is 7.78. The lowest BCUT2D eigenvalue weighted by Crippen LogP contribution is -2.05. The fourth-order valence-corrected chi connectivity index (χ4v) is 2.83. The molecule has 0 aliphatic rings. The molecule has 0 aliphatic heterocycles. The van der Waals surface area contributed by atoms with E-state index >= 15 is 0 Å². The highest BCUT2D eigenvalue weighted by Gasteiger charge is 2.11. The highest BCUT2D eigenvalue weighted by molar-refractivity contribution is 6.42. The number of hydrogen-bond acceptors (Lipinski definition) is 4. The molecule has 1 N–H and O–H groups in total. The van der Waals surface area contributed by atoms with Gasteiger partial charge in [-0.25, -0.2) is 4.79 Å². The molecule has 0 saturated carbocycles. The normalized spacial score (nSPS) is 10.7. The van der Waals surface area contributed by atoms with Crippen LogP contribution in [0.15, 0.2) is 42.5 Å². The Morgan fingerprint density at radius 2 is 1.92 bits per heavy atom. The van der Waals surface area contributed by atoms with Gasteiger partial charge >= 0.3 is 5.97 Å². The van der Waals surface area contributed by atoms with Crippen molar-refractivity contribution in [3.05, 3.63) is 63.8 Å². The van der Waals surface area contributed by atoms with Crippen molar-refractivity contribution < 1.29 is 9.53 Å². The summed E-state index contributed by atoms with van der Waals surface area (Å²) in [5, 5.41) is 5.10. The number of pyridine rings is 1. The molecule has 3 rings (SSSR count). The fourth-order valence-electron chi connectivity index (χ4n) is 2.53. The van der Waals surface area contributed by atoms with Gasteiger partial charge in [-0.15, -0.1) is 0 Å². The molecule has 0 fully saturated rings. The predicted molar refractivity (Wildman–Crippen MR) is 102 cm³/mol. The van der Waals surface area contributed by atoms with Crippen molar-refractivity contribution in [3.8, 4) is 0 Å². The summed E-state index contributed by atoms with van der Waals surface area (Å²) < 4.78 is 5.08. The molecular weight excluding hydrogens is 359 g/mol. The summed E-state index contributed by atoms with van der Waals surface area (Å²) in [4.78, 5) is 16.5. The average Bonchev–Trinajstić information content (AvgIpc) is 2.58. The molecule has 0 spiro atoms. The summed E-state index contributed by atoms with van der Waals surface area (Å²) in [6.07, 6.45) is 0. The third-order valence-corrected chi connectivity index (χ3v) is 4.39.